The monoisotopic (exact) mass is 520 g/mol. The fraction of sp³-hybridized carbons (Fsp3) is 0.318. The van der Waals surface area contributed by atoms with Crippen molar-refractivity contribution in [2.45, 2.75) is 42.7 Å². The van der Waals surface area contributed by atoms with Gasteiger partial charge in [0, 0.05) is 4.88 Å². The summed E-state index contributed by atoms with van der Waals surface area (Å²) in [6, 6.07) is 5.64. The van der Waals surface area contributed by atoms with E-state index in [0.29, 0.717) is 14.9 Å². The smallest absolute Gasteiger partial charge is 0.341 e. The van der Waals surface area contributed by atoms with Crippen molar-refractivity contribution >= 4 is 62.4 Å². The molecule has 0 saturated heterocycles. The molecule has 0 spiro atoms. The Morgan fingerprint density at radius 2 is 1.97 bits per heavy atom. The van der Waals surface area contributed by atoms with E-state index in [1.54, 1.807) is 19.9 Å². The van der Waals surface area contributed by atoms with Crippen molar-refractivity contribution < 1.29 is 23.5 Å². The van der Waals surface area contributed by atoms with E-state index in [4.69, 9.17) is 4.74 Å². The summed E-state index contributed by atoms with van der Waals surface area (Å²) in [5, 5.41) is 13.4. The summed E-state index contributed by atoms with van der Waals surface area (Å²) < 4.78 is 19.5. The van der Waals surface area contributed by atoms with Crippen LogP contribution in [-0.4, -0.2) is 39.8 Å². The van der Waals surface area contributed by atoms with Crippen LogP contribution in [0.4, 0.5) is 14.5 Å². The Morgan fingerprint density at radius 3 is 2.74 bits per heavy atom. The maximum absolute atomic E-state index is 13.8. The number of ether oxygens (including phenoxy) is 1. The van der Waals surface area contributed by atoms with Crippen molar-refractivity contribution in [3.05, 3.63) is 51.7 Å². The van der Waals surface area contributed by atoms with Crippen molar-refractivity contribution in [2.24, 2.45) is 0 Å². The van der Waals surface area contributed by atoms with Gasteiger partial charge in [0.05, 0.1) is 23.0 Å². The number of thiophene rings is 1. The highest BCUT2D eigenvalue weighted by molar-refractivity contribution is 8.02. The number of esters is 1. The van der Waals surface area contributed by atoms with Crippen molar-refractivity contribution in [3.63, 3.8) is 0 Å². The van der Waals surface area contributed by atoms with Crippen molar-refractivity contribution in [1.82, 2.24) is 10.2 Å². The van der Waals surface area contributed by atoms with Gasteiger partial charge in [-0.15, -0.1) is 21.5 Å². The number of nitrogens with one attached hydrogen (secondary N) is 2. The number of carbonyl (C=O) groups excluding carboxylic acids is 3. The number of anilines is 2. The van der Waals surface area contributed by atoms with Gasteiger partial charge in [-0.05, 0) is 50.8 Å². The fourth-order valence-corrected chi connectivity index (χ4v) is 6.62. The Balaban J connectivity index is 1.40. The van der Waals surface area contributed by atoms with E-state index in [1.165, 1.54) is 41.3 Å². The average Bonchev–Trinajstić information content (AvgIpc) is 3.50. The zero-order valence-corrected chi connectivity index (χ0v) is 20.8. The van der Waals surface area contributed by atoms with Gasteiger partial charge in [0.1, 0.15) is 10.8 Å². The Morgan fingerprint density at radius 1 is 1.18 bits per heavy atom. The van der Waals surface area contributed by atoms with Gasteiger partial charge in [0.25, 0.3) is 5.91 Å². The van der Waals surface area contributed by atoms with E-state index in [1.807, 2.05) is 0 Å². The molecule has 178 valence electrons. The summed E-state index contributed by atoms with van der Waals surface area (Å²) in [4.78, 5) is 38.7. The molecule has 0 fully saturated rings. The normalized spacial score (nSPS) is 13.3. The molecular weight excluding hydrogens is 499 g/mol. The number of fused-ring (bicyclic) bond motifs is 1. The van der Waals surface area contributed by atoms with Crippen LogP contribution in [0.1, 0.15) is 51.4 Å². The van der Waals surface area contributed by atoms with Crippen LogP contribution in [-0.2, 0) is 22.4 Å². The SMILES string of the molecule is CCOC(=O)c1c(NC(=O)C(C)Sc2nnc(NC(=O)c3ccccc3F)s2)sc2c1CCC2. The van der Waals surface area contributed by atoms with E-state index in [2.05, 4.69) is 20.8 Å². The second-order valence-corrected chi connectivity index (χ2v) is 11.0. The number of hydrogen-bond acceptors (Lipinski definition) is 9. The maximum Gasteiger partial charge on any atom is 0.341 e. The quantitative estimate of drug-likeness (QED) is 0.250. The first-order valence-corrected chi connectivity index (χ1v) is 13.1. The molecule has 12 heteroatoms. The number of thioether (sulfide) groups is 1. The molecule has 1 aliphatic rings. The number of halogens is 1. The summed E-state index contributed by atoms with van der Waals surface area (Å²) >= 11 is 3.67. The van der Waals surface area contributed by atoms with Crippen LogP contribution >= 0.6 is 34.4 Å². The van der Waals surface area contributed by atoms with Crippen LogP contribution in [0.2, 0.25) is 0 Å². The van der Waals surface area contributed by atoms with Crippen LogP contribution < -0.4 is 10.6 Å². The molecule has 0 bridgehead atoms. The summed E-state index contributed by atoms with van der Waals surface area (Å²) in [6.07, 6.45) is 2.67. The van der Waals surface area contributed by atoms with Gasteiger partial charge in [-0.2, -0.15) is 0 Å². The minimum atomic E-state index is -0.633. The fourth-order valence-electron chi connectivity index (χ4n) is 3.45. The molecule has 1 atom stereocenters. The second-order valence-electron chi connectivity index (χ2n) is 7.34. The summed E-state index contributed by atoms with van der Waals surface area (Å²) in [5.41, 5.74) is 1.33. The number of hydrogen-bond donors (Lipinski definition) is 2. The van der Waals surface area contributed by atoms with Crippen molar-refractivity contribution in [2.75, 3.05) is 17.2 Å². The average molecular weight is 521 g/mol. The van der Waals surface area contributed by atoms with Gasteiger partial charge in [-0.25, -0.2) is 9.18 Å². The highest BCUT2D eigenvalue weighted by Gasteiger charge is 2.29. The maximum atomic E-state index is 13.8. The van der Waals surface area contributed by atoms with Gasteiger partial charge < -0.3 is 10.1 Å². The number of aromatic nitrogens is 2. The molecular formula is C22H21FN4O4S3. The van der Waals surface area contributed by atoms with Gasteiger partial charge in [0.2, 0.25) is 11.0 Å². The lowest BCUT2D eigenvalue weighted by molar-refractivity contribution is -0.115. The molecule has 4 rings (SSSR count). The molecule has 8 nitrogen and oxygen atoms in total. The number of carbonyl (C=O) groups is 3. The zero-order valence-electron chi connectivity index (χ0n) is 18.3. The first kappa shape index (κ1) is 24.3. The summed E-state index contributed by atoms with van der Waals surface area (Å²) in [7, 11) is 0. The van der Waals surface area contributed by atoms with Crippen molar-refractivity contribution in [1.29, 1.82) is 0 Å². The number of rotatable bonds is 8. The topological polar surface area (TPSA) is 110 Å². The summed E-state index contributed by atoms with van der Waals surface area (Å²) in [6.45, 7) is 3.72. The molecule has 1 aliphatic carbocycles. The standard InChI is InChI=1S/C22H21FN4O4S3/c1-3-31-20(30)16-13-8-6-10-15(13)33-19(16)24-17(28)11(2)32-22-27-26-21(34-22)25-18(29)12-7-4-5-9-14(12)23/h4-5,7,9,11H,3,6,8,10H2,1-2H3,(H,24,28)(H,25,26,29). The predicted molar refractivity (Wildman–Crippen MR) is 131 cm³/mol. The number of benzene rings is 1. The number of aryl methyl sites for hydroxylation is 1. The molecule has 0 saturated carbocycles. The van der Waals surface area contributed by atoms with Crippen molar-refractivity contribution in [3.8, 4) is 0 Å². The minimum Gasteiger partial charge on any atom is -0.462 e. The summed E-state index contributed by atoms with van der Waals surface area (Å²) in [5.74, 6) is -1.97. The van der Waals surface area contributed by atoms with E-state index in [9.17, 15) is 18.8 Å². The number of amides is 2. The third kappa shape index (κ3) is 5.29. The Labute approximate surface area is 207 Å². The van der Waals surface area contributed by atoms with Gasteiger partial charge >= 0.3 is 5.97 Å². The Bertz CT molecular complexity index is 1240. The molecule has 2 heterocycles. The van der Waals surface area contributed by atoms with Gasteiger partial charge in [-0.1, -0.05) is 35.2 Å². The third-order valence-corrected chi connectivity index (χ3v) is 8.26. The molecule has 2 aromatic heterocycles. The lowest BCUT2D eigenvalue weighted by atomic mass is 10.1. The molecule has 0 aliphatic heterocycles. The van der Waals surface area contributed by atoms with E-state index >= 15 is 0 Å². The lowest BCUT2D eigenvalue weighted by Gasteiger charge is -2.11. The van der Waals surface area contributed by atoms with Crippen LogP contribution in [0.5, 0.6) is 0 Å². The third-order valence-electron chi connectivity index (χ3n) is 5.03. The molecule has 0 radical (unpaired) electrons. The highest BCUT2D eigenvalue weighted by Crippen LogP contribution is 2.40. The first-order valence-electron chi connectivity index (χ1n) is 10.6. The Hall–Kier alpha value is -2.83. The molecule has 1 unspecified atom stereocenters. The number of nitrogens with zero attached hydrogens (tertiary/aromatic N) is 2. The van der Waals surface area contributed by atoms with Crippen LogP contribution in [0.25, 0.3) is 0 Å². The largest absolute Gasteiger partial charge is 0.462 e. The Kier molecular flexibility index (Phi) is 7.59. The first-order chi connectivity index (χ1) is 16.4. The van der Waals surface area contributed by atoms with Crippen LogP contribution in [0, 0.1) is 5.82 Å². The van der Waals surface area contributed by atoms with Crippen LogP contribution in [0.15, 0.2) is 28.6 Å². The van der Waals surface area contributed by atoms with Gasteiger partial charge in [-0.3, -0.25) is 14.9 Å². The molecule has 2 N–H and O–H groups in total. The minimum absolute atomic E-state index is 0.0973. The van der Waals surface area contributed by atoms with Crippen LogP contribution in [0.3, 0.4) is 0 Å². The predicted octanol–water partition coefficient (Wildman–Crippen LogP) is 4.78. The molecule has 1 aromatic carbocycles. The highest BCUT2D eigenvalue weighted by atomic mass is 32.2. The van der Waals surface area contributed by atoms with E-state index in [-0.39, 0.29) is 23.2 Å². The lowest BCUT2D eigenvalue weighted by Crippen LogP contribution is -2.23. The molecule has 3 aromatic rings. The molecule has 34 heavy (non-hydrogen) atoms. The zero-order chi connectivity index (χ0) is 24.2. The second kappa shape index (κ2) is 10.6. The van der Waals surface area contributed by atoms with Gasteiger partial charge in [0.15, 0.2) is 4.34 Å². The van der Waals surface area contributed by atoms with E-state index in [0.717, 1.165) is 41.0 Å². The molecule has 2 amide bonds. The van der Waals surface area contributed by atoms with E-state index < -0.39 is 22.9 Å².